The highest BCUT2D eigenvalue weighted by Gasteiger charge is 2.05. The van der Waals surface area contributed by atoms with E-state index in [0.29, 0.717) is 26.3 Å². The minimum atomic E-state index is 0.515. The molecule has 1 aromatic heterocycles. The lowest BCUT2D eigenvalue weighted by atomic mass is 10.3. The van der Waals surface area contributed by atoms with E-state index < -0.39 is 0 Å². The van der Waals surface area contributed by atoms with E-state index >= 15 is 0 Å². The first-order valence-corrected chi connectivity index (χ1v) is 7.76. The van der Waals surface area contributed by atoms with Crippen LogP contribution >= 0.6 is 11.8 Å². The molecule has 0 unspecified atom stereocenters. The summed E-state index contributed by atoms with van der Waals surface area (Å²) in [5, 5.41) is 12.2. The Morgan fingerprint density at radius 3 is 2.57 bits per heavy atom. The van der Waals surface area contributed by atoms with E-state index in [1.165, 1.54) is 0 Å². The van der Waals surface area contributed by atoms with Crippen molar-refractivity contribution in [1.29, 1.82) is 0 Å². The number of rotatable bonds is 9. The van der Waals surface area contributed by atoms with E-state index in [0.717, 1.165) is 22.4 Å². The molecule has 7 nitrogen and oxygen atoms in total. The number of ether oxygens (including phenoxy) is 2. The van der Waals surface area contributed by atoms with Gasteiger partial charge in [0.1, 0.15) is 11.5 Å². The summed E-state index contributed by atoms with van der Waals surface area (Å²) in [4.78, 5) is 0. The van der Waals surface area contributed by atoms with Crippen LogP contribution in [0.25, 0.3) is 0 Å². The lowest BCUT2D eigenvalue weighted by Gasteiger charge is -2.07. The first kappa shape index (κ1) is 15.6. The predicted molar refractivity (Wildman–Crippen MR) is 80.7 cm³/mol. The molecule has 2 N–H and O–H groups in total. The minimum Gasteiger partial charge on any atom is -0.494 e. The van der Waals surface area contributed by atoms with Crippen LogP contribution in [0.15, 0.2) is 29.4 Å². The Bertz CT molecular complexity index is 532. The summed E-state index contributed by atoms with van der Waals surface area (Å²) in [6.45, 7) is 4.33. The number of thioether (sulfide) groups is 1. The number of hydrogen-bond donors (Lipinski definition) is 1. The first-order valence-electron chi connectivity index (χ1n) is 6.78. The van der Waals surface area contributed by atoms with Crippen molar-refractivity contribution < 1.29 is 9.47 Å². The van der Waals surface area contributed by atoms with E-state index in [2.05, 4.69) is 15.5 Å². The van der Waals surface area contributed by atoms with Crippen molar-refractivity contribution in [3.63, 3.8) is 0 Å². The second kappa shape index (κ2) is 8.48. The average Bonchev–Trinajstić information content (AvgIpc) is 2.93. The molecule has 0 atom stereocenters. The first-order chi connectivity index (χ1) is 10.3. The molecule has 0 bridgehead atoms. The zero-order chi connectivity index (χ0) is 14.9. The van der Waals surface area contributed by atoms with Gasteiger partial charge in [-0.3, -0.25) is 0 Å². The largest absolute Gasteiger partial charge is 0.494 e. The second-order valence-electron chi connectivity index (χ2n) is 4.07. The summed E-state index contributed by atoms with van der Waals surface area (Å²) in [5.41, 5.74) is 5.49. The molecule has 21 heavy (non-hydrogen) atoms. The van der Waals surface area contributed by atoms with Crippen LogP contribution in [0.4, 0.5) is 0 Å². The highest BCUT2D eigenvalue weighted by atomic mass is 32.2. The van der Waals surface area contributed by atoms with Gasteiger partial charge >= 0.3 is 0 Å². The molecule has 114 valence electrons. The third-order valence-electron chi connectivity index (χ3n) is 2.56. The molecule has 0 saturated carbocycles. The highest BCUT2D eigenvalue weighted by Crippen LogP contribution is 2.18. The van der Waals surface area contributed by atoms with Crippen molar-refractivity contribution in [2.45, 2.75) is 18.6 Å². The van der Waals surface area contributed by atoms with Crippen molar-refractivity contribution in [3.05, 3.63) is 24.3 Å². The molecular formula is C13H19N5O2S. The van der Waals surface area contributed by atoms with Crippen LogP contribution in [0.1, 0.15) is 6.92 Å². The van der Waals surface area contributed by atoms with Crippen LogP contribution in [0.5, 0.6) is 11.5 Å². The maximum atomic E-state index is 5.66. The number of nitrogens with two attached hydrogens (primary N) is 1. The molecule has 1 heterocycles. The molecule has 0 radical (unpaired) electrons. The van der Waals surface area contributed by atoms with Crippen molar-refractivity contribution in [2.75, 3.05) is 25.5 Å². The van der Waals surface area contributed by atoms with E-state index in [9.17, 15) is 0 Å². The monoisotopic (exact) mass is 309 g/mol. The van der Waals surface area contributed by atoms with Gasteiger partial charge in [0, 0.05) is 12.3 Å². The molecule has 0 aliphatic carbocycles. The molecular weight excluding hydrogens is 290 g/mol. The second-order valence-corrected chi connectivity index (χ2v) is 5.14. The van der Waals surface area contributed by atoms with E-state index in [4.69, 9.17) is 15.2 Å². The van der Waals surface area contributed by atoms with Gasteiger partial charge in [-0.05, 0) is 41.6 Å². The Hall–Kier alpha value is -1.80. The molecule has 0 saturated heterocycles. The number of aromatic nitrogens is 4. The van der Waals surface area contributed by atoms with Gasteiger partial charge in [-0.2, -0.15) is 0 Å². The smallest absolute Gasteiger partial charge is 0.209 e. The Morgan fingerprint density at radius 2 is 1.90 bits per heavy atom. The third kappa shape index (κ3) is 4.91. The van der Waals surface area contributed by atoms with E-state index in [1.807, 2.05) is 31.2 Å². The zero-order valence-electron chi connectivity index (χ0n) is 11.9. The lowest BCUT2D eigenvalue weighted by molar-refractivity contribution is 0.332. The minimum absolute atomic E-state index is 0.515. The molecule has 2 aromatic rings. The number of nitrogens with zero attached hydrogens (tertiary/aromatic N) is 4. The van der Waals surface area contributed by atoms with Crippen LogP contribution in [-0.2, 0) is 6.54 Å². The average molecular weight is 309 g/mol. The fourth-order valence-electron chi connectivity index (χ4n) is 1.65. The van der Waals surface area contributed by atoms with Gasteiger partial charge in [0.2, 0.25) is 5.16 Å². The SMILES string of the molecule is CCOc1ccc(OCCSc2nnnn2CCN)cc1. The molecule has 0 fully saturated rings. The molecule has 0 aliphatic rings. The van der Waals surface area contributed by atoms with Crippen molar-refractivity contribution in [3.8, 4) is 11.5 Å². The summed E-state index contributed by atoms with van der Waals surface area (Å²) in [7, 11) is 0. The van der Waals surface area contributed by atoms with Crippen LogP contribution in [0.2, 0.25) is 0 Å². The lowest BCUT2D eigenvalue weighted by Crippen LogP contribution is -2.12. The summed E-state index contributed by atoms with van der Waals surface area (Å²) >= 11 is 1.55. The molecule has 0 aliphatic heterocycles. The van der Waals surface area contributed by atoms with Crippen LogP contribution in [0.3, 0.4) is 0 Å². The number of benzene rings is 1. The van der Waals surface area contributed by atoms with Crippen molar-refractivity contribution >= 4 is 11.8 Å². The topological polar surface area (TPSA) is 88.1 Å². The molecule has 1 aromatic carbocycles. The summed E-state index contributed by atoms with van der Waals surface area (Å²) in [5.74, 6) is 2.43. The van der Waals surface area contributed by atoms with Gasteiger partial charge in [0.15, 0.2) is 0 Å². The number of tetrazole rings is 1. The van der Waals surface area contributed by atoms with Crippen LogP contribution in [0, 0.1) is 0 Å². The highest BCUT2D eigenvalue weighted by molar-refractivity contribution is 7.99. The zero-order valence-corrected chi connectivity index (χ0v) is 12.8. The van der Waals surface area contributed by atoms with Gasteiger partial charge in [-0.1, -0.05) is 11.8 Å². The fourth-order valence-corrected chi connectivity index (χ4v) is 2.37. The molecule has 0 spiro atoms. The van der Waals surface area contributed by atoms with Gasteiger partial charge in [-0.25, -0.2) is 4.68 Å². The van der Waals surface area contributed by atoms with E-state index in [1.54, 1.807) is 16.4 Å². The normalized spacial score (nSPS) is 10.6. The van der Waals surface area contributed by atoms with Crippen molar-refractivity contribution in [1.82, 2.24) is 20.2 Å². The number of hydrogen-bond acceptors (Lipinski definition) is 7. The van der Waals surface area contributed by atoms with Gasteiger partial charge < -0.3 is 15.2 Å². The Kier molecular flexibility index (Phi) is 6.29. The Balaban J connectivity index is 1.72. The fraction of sp³-hybridized carbons (Fsp3) is 0.462. The standard InChI is InChI=1S/C13H19N5O2S/c1-2-19-11-3-5-12(6-4-11)20-9-10-21-13-15-16-17-18(13)8-7-14/h3-6H,2,7-10,14H2,1H3. The summed E-state index contributed by atoms with van der Waals surface area (Å²) in [6, 6.07) is 7.59. The van der Waals surface area contributed by atoms with Gasteiger partial charge in [-0.15, -0.1) is 5.10 Å². The predicted octanol–water partition coefficient (Wildman–Crippen LogP) is 1.20. The van der Waals surface area contributed by atoms with Crippen LogP contribution in [-0.4, -0.2) is 45.7 Å². The Morgan fingerprint density at radius 1 is 1.19 bits per heavy atom. The molecule has 8 heteroatoms. The van der Waals surface area contributed by atoms with Crippen molar-refractivity contribution in [2.24, 2.45) is 5.73 Å². The van der Waals surface area contributed by atoms with Gasteiger partial charge in [0.05, 0.1) is 19.8 Å². The van der Waals surface area contributed by atoms with Crippen LogP contribution < -0.4 is 15.2 Å². The molecule has 2 rings (SSSR count). The maximum absolute atomic E-state index is 5.66. The van der Waals surface area contributed by atoms with E-state index in [-0.39, 0.29) is 0 Å². The quantitative estimate of drug-likeness (QED) is 0.550. The summed E-state index contributed by atoms with van der Waals surface area (Å²) < 4.78 is 12.7. The third-order valence-corrected chi connectivity index (χ3v) is 3.48. The molecule has 0 amide bonds. The maximum Gasteiger partial charge on any atom is 0.209 e. The summed E-state index contributed by atoms with van der Waals surface area (Å²) in [6.07, 6.45) is 0. The Labute approximate surface area is 127 Å². The van der Waals surface area contributed by atoms with Gasteiger partial charge in [0.25, 0.3) is 0 Å².